The van der Waals surface area contributed by atoms with Gasteiger partial charge in [0.25, 0.3) is 11.8 Å². The minimum absolute atomic E-state index is 0.237. The summed E-state index contributed by atoms with van der Waals surface area (Å²) in [4.78, 5) is 24.5. The van der Waals surface area contributed by atoms with E-state index in [9.17, 15) is 9.59 Å². The van der Waals surface area contributed by atoms with Gasteiger partial charge in [0.05, 0.1) is 21.8 Å². The number of amides is 2. The quantitative estimate of drug-likeness (QED) is 0.797. The summed E-state index contributed by atoms with van der Waals surface area (Å²) in [6, 6.07) is 11.3. The molecule has 0 aliphatic heterocycles. The Hall–Kier alpha value is -2.30. The molecule has 0 heterocycles. The Morgan fingerprint density at radius 3 is 2.52 bits per heavy atom. The highest BCUT2D eigenvalue weighted by Crippen LogP contribution is 2.23. The predicted octanol–water partition coefficient (Wildman–Crippen LogP) is 4.16. The van der Waals surface area contributed by atoms with Crippen LogP contribution in [0.3, 0.4) is 0 Å². The molecule has 0 aromatic heterocycles. The summed E-state index contributed by atoms with van der Waals surface area (Å²) < 4.78 is 0. The summed E-state index contributed by atoms with van der Waals surface area (Å²) in [6.45, 7) is 3.88. The van der Waals surface area contributed by atoms with Crippen molar-refractivity contribution in [3.05, 3.63) is 76.3 Å². The third-order valence-corrected chi connectivity index (χ3v) is 3.56. The first kappa shape index (κ1) is 17.1. The van der Waals surface area contributed by atoms with Gasteiger partial charge >= 0.3 is 0 Å². The predicted molar refractivity (Wildman–Crippen MR) is 93.4 cm³/mol. The molecule has 0 aliphatic rings. The second-order valence-corrected chi connectivity index (χ2v) is 5.47. The Bertz CT molecular complexity index is 760. The fourth-order valence-corrected chi connectivity index (χ4v) is 2.29. The Kier molecular flexibility index (Phi) is 5.79. The van der Waals surface area contributed by atoms with E-state index in [4.69, 9.17) is 23.2 Å². The topological polar surface area (TPSA) is 58.2 Å². The van der Waals surface area contributed by atoms with E-state index in [1.807, 2.05) is 0 Å². The van der Waals surface area contributed by atoms with Crippen LogP contribution in [-0.2, 0) is 0 Å². The van der Waals surface area contributed by atoms with Gasteiger partial charge in [0.15, 0.2) is 0 Å². The first-order valence-corrected chi connectivity index (χ1v) is 7.53. The van der Waals surface area contributed by atoms with Gasteiger partial charge in [-0.05, 0) is 30.3 Å². The van der Waals surface area contributed by atoms with Crippen LogP contribution in [0.1, 0.15) is 20.7 Å². The molecule has 0 aliphatic carbocycles. The summed E-state index contributed by atoms with van der Waals surface area (Å²) >= 11 is 11.9. The van der Waals surface area contributed by atoms with Gasteiger partial charge in [-0.3, -0.25) is 9.59 Å². The number of anilines is 1. The van der Waals surface area contributed by atoms with Gasteiger partial charge in [0.1, 0.15) is 0 Å². The standard InChI is InChI=1S/C17H14Cl2N2O2/c1-2-9-20-16(22)12-5-3-4-6-15(12)21-17(23)13-10-11(18)7-8-14(13)19/h2-8,10H,1,9H2,(H,20,22)(H,21,23). The Morgan fingerprint density at radius 1 is 1.04 bits per heavy atom. The molecule has 0 atom stereocenters. The molecule has 0 fully saturated rings. The van der Waals surface area contributed by atoms with Gasteiger partial charge in [-0.15, -0.1) is 6.58 Å². The molecule has 4 nitrogen and oxygen atoms in total. The normalized spacial score (nSPS) is 10.0. The van der Waals surface area contributed by atoms with Crippen molar-refractivity contribution in [2.45, 2.75) is 0 Å². The van der Waals surface area contributed by atoms with Crippen LogP contribution in [0.4, 0.5) is 5.69 Å². The lowest BCUT2D eigenvalue weighted by Gasteiger charge is -2.11. The average Bonchev–Trinajstić information content (AvgIpc) is 2.55. The van der Waals surface area contributed by atoms with Gasteiger partial charge in [0, 0.05) is 11.6 Å². The molecular weight excluding hydrogens is 335 g/mol. The molecule has 118 valence electrons. The number of hydrogen-bond acceptors (Lipinski definition) is 2. The van der Waals surface area contributed by atoms with Crippen LogP contribution in [0.15, 0.2) is 55.1 Å². The van der Waals surface area contributed by atoms with Crippen LogP contribution < -0.4 is 10.6 Å². The highest BCUT2D eigenvalue weighted by molar-refractivity contribution is 6.36. The maximum absolute atomic E-state index is 12.4. The second kappa shape index (κ2) is 7.81. The smallest absolute Gasteiger partial charge is 0.257 e. The molecule has 2 aromatic carbocycles. The lowest BCUT2D eigenvalue weighted by Crippen LogP contribution is -2.25. The van der Waals surface area contributed by atoms with Crippen molar-refractivity contribution >= 4 is 40.7 Å². The van der Waals surface area contributed by atoms with Gasteiger partial charge in [0.2, 0.25) is 0 Å². The van der Waals surface area contributed by atoms with E-state index >= 15 is 0 Å². The molecule has 0 saturated carbocycles. The van der Waals surface area contributed by atoms with Crippen molar-refractivity contribution in [1.82, 2.24) is 5.32 Å². The lowest BCUT2D eigenvalue weighted by molar-refractivity contribution is 0.0959. The molecule has 6 heteroatoms. The highest BCUT2D eigenvalue weighted by Gasteiger charge is 2.15. The third kappa shape index (κ3) is 4.34. The zero-order valence-electron chi connectivity index (χ0n) is 12.1. The largest absolute Gasteiger partial charge is 0.349 e. The van der Waals surface area contributed by atoms with Crippen LogP contribution in [0.2, 0.25) is 10.0 Å². The maximum Gasteiger partial charge on any atom is 0.257 e. The Labute approximate surface area is 144 Å². The van der Waals surface area contributed by atoms with Gasteiger partial charge in [-0.25, -0.2) is 0 Å². The van der Waals surface area contributed by atoms with Gasteiger partial charge < -0.3 is 10.6 Å². The SMILES string of the molecule is C=CCNC(=O)c1ccccc1NC(=O)c1cc(Cl)ccc1Cl. The van der Waals surface area contributed by atoms with Crippen molar-refractivity contribution in [2.24, 2.45) is 0 Å². The molecular formula is C17H14Cl2N2O2. The number of nitrogens with one attached hydrogen (secondary N) is 2. The molecule has 0 unspecified atom stereocenters. The molecule has 2 rings (SSSR count). The molecule has 2 N–H and O–H groups in total. The van der Waals surface area contributed by atoms with Crippen molar-refractivity contribution in [2.75, 3.05) is 11.9 Å². The maximum atomic E-state index is 12.4. The van der Waals surface area contributed by atoms with Crippen LogP contribution >= 0.6 is 23.2 Å². The minimum atomic E-state index is -0.443. The van der Waals surface area contributed by atoms with Crippen LogP contribution in [0, 0.1) is 0 Å². The monoisotopic (exact) mass is 348 g/mol. The Balaban J connectivity index is 2.26. The third-order valence-electron chi connectivity index (χ3n) is 3.00. The van der Waals surface area contributed by atoms with Crippen LogP contribution in [0.25, 0.3) is 0 Å². The molecule has 0 bridgehead atoms. The fraction of sp³-hybridized carbons (Fsp3) is 0.0588. The Morgan fingerprint density at radius 2 is 1.78 bits per heavy atom. The summed E-state index contributed by atoms with van der Waals surface area (Å²) in [7, 11) is 0. The number of carbonyl (C=O) groups is 2. The van der Waals surface area contributed by atoms with E-state index in [1.54, 1.807) is 42.5 Å². The first-order chi connectivity index (χ1) is 11.0. The van der Waals surface area contributed by atoms with Gasteiger partial charge in [-0.2, -0.15) is 0 Å². The summed E-state index contributed by atoms with van der Waals surface area (Å²) in [5, 5.41) is 6.03. The summed E-state index contributed by atoms with van der Waals surface area (Å²) in [6.07, 6.45) is 1.57. The highest BCUT2D eigenvalue weighted by atomic mass is 35.5. The zero-order chi connectivity index (χ0) is 16.8. The average molecular weight is 349 g/mol. The number of carbonyl (C=O) groups excluding carboxylic acids is 2. The van der Waals surface area contributed by atoms with Gasteiger partial charge in [-0.1, -0.05) is 41.4 Å². The number of para-hydroxylation sites is 1. The first-order valence-electron chi connectivity index (χ1n) is 6.77. The van der Waals surface area contributed by atoms with E-state index in [-0.39, 0.29) is 16.5 Å². The van der Waals surface area contributed by atoms with E-state index in [1.165, 1.54) is 6.07 Å². The molecule has 0 saturated heterocycles. The number of hydrogen-bond donors (Lipinski definition) is 2. The minimum Gasteiger partial charge on any atom is -0.349 e. The lowest BCUT2D eigenvalue weighted by atomic mass is 10.1. The van der Waals surface area contributed by atoms with Crippen molar-refractivity contribution in [3.8, 4) is 0 Å². The van der Waals surface area contributed by atoms with E-state index < -0.39 is 5.91 Å². The summed E-state index contributed by atoms with van der Waals surface area (Å²) in [5.74, 6) is -0.750. The van der Waals surface area contributed by atoms with E-state index in [0.29, 0.717) is 22.8 Å². The second-order valence-electron chi connectivity index (χ2n) is 4.62. The summed E-state index contributed by atoms with van der Waals surface area (Å²) in [5.41, 5.74) is 0.969. The van der Waals surface area contributed by atoms with Crippen molar-refractivity contribution in [3.63, 3.8) is 0 Å². The van der Waals surface area contributed by atoms with E-state index in [0.717, 1.165) is 0 Å². The number of rotatable bonds is 5. The fourth-order valence-electron chi connectivity index (χ4n) is 1.91. The van der Waals surface area contributed by atoms with E-state index in [2.05, 4.69) is 17.2 Å². The molecule has 0 radical (unpaired) electrons. The molecule has 2 amide bonds. The number of benzene rings is 2. The molecule has 0 spiro atoms. The van der Waals surface area contributed by atoms with Crippen LogP contribution in [0.5, 0.6) is 0 Å². The number of halogens is 2. The molecule has 23 heavy (non-hydrogen) atoms. The van der Waals surface area contributed by atoms with Crippen molar-refractivity contribution in [1.29, 1.82) is 0 Å². The van der Waals surface area contributed by atoms with Crippen LogP contribution in [-0.4, -0.2) is 18.4 Å². The van der Waals surface area contributed by atoms with Crippen molar-refractivity contribution < 1.29 is 9.59 Å². The zero-order valence-corrected chi connectivity index (χ0v) is 13.6. The molecule has 2 aromatic rings.